The third-order valence-corrected chi connectivity index (χ3v) is 5.09. The van der Waals surface area contributed by atoms with Gasteiger partial charge in [-0.15, -0.1) is 6.58 Å². The maximum absolute atomic E-state index is 12.8. The highest BCUT2D eigenvalue weighted by Gasteiger charge is 2.49. The summed E-state index contributed by atoms with van der Waals surface area (Å²) >= 11 is 6.03. The molecule has 1 aromatic carbocycles. The molecule has 0 heterocycles. The molecule has 0 spiro atoms. The van der Waals surface area contributed by atoms with Gasteiger partial charge in [0.25, 0.3) is 0 Å². The molecule has 0 N–H and O–H groups in total. The van der Waals surface area contributed by atoms with Crippen LogP contribution < -0.4 is 0 Å². The summed E-state index contributed by atoms with van der Waals surface area (Å²) in [5, 5.41) is 0.747. The molecule has 3 heteroatoms. The number of hydrogen-bond donors (Lipinski definition) is 0. The number of Topliss-reactive ketones (excluding diaryl/α,β-unsaturated/α-hetero) is 1. The zero-order valence-electron chi connectivity index (χ0n) is 13.6. The molecule has 1 atom stereocenters. The van der Waals surface area contributed by atoms with Gasteiger partial charge in [0.2, 0.25) is 0 Å². The fourth-order valence-electron chi connectivity index (χ4n) is 3.71. The van der Waals surface area contributed by atoms with Gasteiger partial charge in [-0.25, -0.2) is 0 Å². The summed E-state index contributed by atoms with van der Waals surface area (Å²) in [6, 6.07) is 8.01. The largest absolute Gasteiger partial charge is 0.299 e. The Morgan fingerprint density at radius 1 is 1.36 bits per heavy atom. The van der Waals surface area contributed by atoms with E-state index in [1.807, 2.05) is 32.3 Å². The van der Waals surface area contributed by atoms with E-state index in [2.05, 4.69) is 23.6 Å². The van der Waals surface area contributed by atoms with E-state index < -0.39 is 0 Å². The van der Waals surface area contributed by atoms with Crippen molar-refractivity contribution in [2.45, 2.75) is 50.0 Å². The van der Waals surface area contributed by atoms with Gasteiger partial charge in [0.1, 0.15) is 0 Å². The highest BCUT2D eigenvalue weighted by molar-refractivity contribution is 6.30. The summed E-state index contributed by atoms with van der Waals surface area (Å²) in [7, 11) is 4.04. The average molecular weight is 320 g/mol. The number of benzene rings is 1. The molecule has 1 fully saturated rings. The smallest absolute Gasteiger partial charge is 0.150 e. The number of carbonyl (C=O) groups is 1. The topological polar surface area (TPSA) is 20.3 Å². The van der Waals surface area contributed by atoms with Gasteiger partial charge in [0, 0.05) is 16.9 Å². The Bertz CT molecular complexity index is 517. The molecule has 22 heavy (non-hydrogen) atoms. The normalized spacial score (nSPS) is 17.8. The van der Waals surface area contributed by atoms with Crippen LogP contribution in [0.4, 0.5) is 0 Å². The molecule has 1 aliphatic carbocycles. The molecule has 1 aliphatic rings. The molecule has 2 nitrogen and oxygen atoms in total. The van der Waals surface area contributed by atoms with Crippen LogP contribution in [0.1, 0.15) is 44.1 Å². The van der Waals surface area contributed by atoms with Crippen molar-refractivity contribution in [2.75, 3.05) is 14.1 Å². The number of halogens is 1. The van der Waals surface area contributed by atoms with Crippen LogP contribution in [0.15, 0.2) is 36.9 Å². The van der Waals surface area contributed by atoms with Crippen LogP contribution >= 0.6 is 11.6 Å². The van der Waals surface area contributed by atoms with Crippen LogP contribution in [-0.2, 0) is 10.2 Å². The highest BCUT2D eigenvalue weighted by Crippen LogP contribution is 2.48. The van der Waals surface area contributed by atoms with E-state index >= 15 is 0 Å². The Kier molecular flexibility index (Phi) is 5.82. The van der Waals surface area contributed by atoms with E-state index in [0.29, 0.717) is 12.2 Å². The fraction of sp³-hybridized carbons (Fsp3) is 0.526. The van der Waals surface area contributed by atoms with Crippen molar-refractivity contribution in [2.24, 2.45) is 0 Å². The second-order valence-corrected chi connectivity index (χ2v) is 6.97. The molecule has 0 saturated heterocycles. The summed E-state index contributed by atoms with van der Waals surface area (Å²) < 4.78 is 0. The lowest BCUT2D eigenvalue weighted by Gasteiger charge is -2.50. The number of allylic oxidation sites excluding steroid dienone is 1. The third kappa shape index (κ3) is 3.44. The number of carbonyl (C=O) groups excluding carboxylic acids is 1. The number of nitrogens with zero attached hydrogens (tertiary/aromatic N) is 1. The first-order valence-corrected chi connectivity index (χ1v) is 8.45. The number of rotatable bonds is 8. The maximum Gasteiger partial charge on any atom is 0.150 e. The minimum absolute atomic E-state index is 0.0423. The Hall–Kier alpha value is -1.12. The molecule has 0 radical (unpaired) electrons. The van der Waals surface area contributed by atoms with Crippen LogP contribution in [0.25, 0.3) is 0 Å². The molecule has 1 unspecified atom stereocenters. The van der Waals surface area contributed by atoms with Gasteiger partial charge in [0.05, 0.1) is 6.04 Å². The van der Waals surface area contributed by atoms with Gasteiger partial charge in [-0.2, -0.15) is 0 Å². The fourth-order valence-corrected chi connectivity index (χ4v) is 3.83. The molecular weight excluding hydrogens is 294 g/mol. The lowest BCUT2D eigenvalue weighted by Crippen LogP contribution is -2.56. The van der Waals surface area contributed by atoms with Crippen molar-refractivity contribution in [3.05, 3.63) is 47.5 Å². The Balaban J connectivity index is 2.26. The first kappa shape index (κ1) is 17.2. The quantitative estimate of drug-likeness (QED) is 0.515. The third-order valence-electron chi connectivity index (χ3n) is 4.84. The van der Waals surface area contributed by atoms with Gasteiger partial charge < -0.3 is 0 Å². The van der Waals surface area contributed by atoms with Gasteiger partial charge in [-0.05, 0) is 57.5 Å². The zero-order chi connectivity index (χ0) is 16.2. The number of likely N-dealkylation sites (N-methyl/N-ethyl adjacent to an activating group) is 1. The van der Waals surface area contributed by atoms with E-state index in [0.717, 1.165) is 30.7 Å². The Morgan fingerprint density at radius 2 is 2.00 bits per heavy atom. The van der Waals surface area contributed by atoms with Crippen LogP contribution in [0.5, 0.6) is 0 Å². The highest BCUT2D eigenvalue weighted by atomic mass is 35.5. The SMILES string of the molecule is C=CCCCC(=O)C(N(C)C)C1(c2ccc(Cl)cc2)CCC1. The Morgan fingerprint density at radius 3 is 2.45 bits per heavy atom. The number of ketones is 1. The number of unbranched alkanes of at least 4 members (excludes halogenated alkanes) is 1. The molecule has 0 bridgehead atoms. The van der Waals surface area contributed by atoms with Crippen molar-refractivity contribution in [3.8, 4) is 0 Å². The van der Waals surface area contributed by atoms with Gasteiger partial charge in [-0.3, -0.25) is 9.69 Å². The zero-order valence-corrected chi connectivity index (χ0v) is 14.4. The summed E-state index contributed by atoms with van der Waals surface area (Å²) in [6.07, 6.45) is 7.64. The monoisotopic (exact) mass is 319 g/mol. The van der Waals surface area contributed by atoms with Crippen molar-refractivity contribution in [1.29, 1.82) is 0 Å². The van der Waals surface area contributed by atoms with Crippen LogP contribution in [0.3, 0.4) is 0 Å². The molecule has 1 saturated carbocycles. The minimum Gasteiger partial charge on any atom is -0.299 e. The van der Waals surface area contributed by atoms with Crippen molar-refractivity contribution >= 4 is 17.4 Å². The molecule has 0 amide bonds. The van der Waals surface area contributed by atoms with Crippen molar-refractivity contribution in [3.63, 3.8) is 0 Å². The lowest BCUT2D eigenvalue weighted by atomic mass is 9.58. The van der Waals surface area contributed by atoms with Crippen LogP contribution in [0, 0.1) is 0 Å². The second-order valence-electron chi connectivity index (χ2n) is 6.53. The van der Waals surface area contributed by atoms with E-state index in [9.17, 15) is 4.79 Å². The standard InChI is InChI=1S/C19H26ClNO/c1-4-5-6-8-17(22)18(21(2)3)19(13-7-14-19)15-9-11-16(20)12-10-15/h4,9-12,18H,1,5-8,13-14H2,2-3H3. The molecule has 0 aromatic heterocycles. The average Bonchev–Trinajstić information content (AvgIpc) is 2.43. The van der Waals surface area contributed by atoms with Gasteiger partial charge in [-0.1, -0.05) is 36.2 Å². The molecule has 0 aliphatic heterocycles. The molecule has 1 aromatic rings. The first-order valence-electron chi connectivity index (χ1n) is 8.07. The maximum atomic E-state index is 12.8. The molecule has 2 rings (SSSR count). The summed E-state index contributed by atoms with van der Waals surface area (Å²) in [5.41, 5.74) is 1.21. The van der Waals surface area contributed by atoms with Crippen LogP contribution in [-0.4, -0.2) is 30.8 Å². The predicted molar refractivity (Wildman–Crippen MR) is 93.5 cm³/mol. The second kappa shape index (κ2) is 7.43. The van der Waals surface area contributed by atoms with Gasteiger partial charge >= 0.3 is 0 Å². The molecular formula is C19H26ClNO. The van der Waals surface area contributed by atoms with Gasteiger partial charge in [0.15, 0.2) is 5.78 Å². The van der Waals surface area contributed by atoms with Crippen molar-refractivity contribution in [1.82, 2.24) is 4.90 Å². The Labute approximate surface area is 139 Å². The summed E-state index contributed by atoms with van der Waals surface area (Å²) in [4.78, 5) is 14.9. The van der Waals surface area contributed by atoms with Crippen molar-refractivity contribution < 1.29 is 4.79 Å². The van der Waals surface area contributed by atoms with E-state index in [4.69, 9.17) is 11.6 Å². The first-order chi connectivity index (χ1) is 10.5. The van der Waals surface area contributed by atoms with E-state index in [-0.39, 0.29) is 11.5 Å². The summed E-state index contributed by atoms with van der Waals surface area (Å²) in [5.74, 6) is 0.349. The lowest BCUT2D eigenvalue weighted by molar-refractivity contribution is -0.127. The summed E-state index contributed by atoms with van der Waals surface area (Å²) in [6.45, 7) is 3.74. The van der Waals surface area contributed by atoms with E-state index in [1.54, 1.807) is 0 Å². The van der Waals surface area contributed by atoms with E-state index in [1.165, 1.54) is 12.0 Å². The molecule has 120 valence electrons. The number of hydrogen-bond acceptors (Lipinski definition) is 2. The predicted octanol–water partition coefficient (Wildman–Crippen LogP) is 4.62. The van der Waals surface area contributed by atoms with Crippen LogP contribution in [0.2, 0.25) is 5.02 Å². The minimum atomic E-state index is -0.0489.